The van der Waals surface area contributed by atoms with E-state index in [1.165, 1.54) is 0 Å². The third-order valence-corrected chi connectivity index (χ3v) is 2.71. The summed E-state index contributed by atoms with van der Waals surface area (Å²) in [6.07, 6.45) is 0. The minimum absolute atomic E-state index is 0.0727. The summed E-state index contributed by atoms with van der Waals surface area (Å²) in [7, 11) is 0. The van der Waals surface area contributed by atoms with Crippen molar-refractivity contribution in [2.24, 2.45) is 11.7 Å². The standard InChI is InChI=1S/C10H20N2O2/c1-4-14-10(13)8-5-12(7(2)3)6-9(8)11/h7-9H,4-6,11H2,1-3H3/t8-,9+/m1/s1. The van der Waals surface area contributed by atoms with Crippen LogP contribution in [0.4, 0.5) is 0 Å². The highest BCUT2D eigenvalue weighted by Crippen LogP contribution is 2.18. The fraction of sp³-hybridized carbons (Fsp3) is 0.900. The predicted molar refractivity (Wildman–Crippen MR) is 54.8 cm³/mol. The fourth-order valence-electron chi connectivity index (χ4n) is 1.78. The van der Waals surface area contributed by atoms with Gasteiger partial charge in [0, 0.05) is 25.2 Å². The van der Waals surface area contributed by atoms with E-state index in [1.807, 2.05) is 6.92 Å². The summed E-state index contributed by atoms with van der Waals surface area (Å²) in [6.45, 7) is 8.00. The molecule has 0 aromatic heterocycles. The number of likely N-dealkylation sites (tertiary alicyclic amines) is 1. The van der Waals surface area contributed by atoms with Crippen molar-refractivity contribution in [3.05, 3.63) is 0 Å². The van der Waals surface area contributed by atoms with Crippen LogP contribution in [0.15, 0.2) is 0 Å². The van der Waals surface area contributed by atoms with Crippen LogP contribution in [0.5, 0.6) is 0 Å². The van der Waals surface area contributed by atoms with E-state index < -0.39 is 0 Å². The van der Waals surface area contributed by atoms with Gasteiger partial charge in [0.1, 0.15) is 0 Å². The lowest BCUT2D eigenvalue weighted by Gasteiger charge is -2.19. The number of esters is 1. The molecule has 1 heterocycles. The molecule has 0 aromatic carbocycles. The molecule has 1 aliphatic rings. The summed E-state index contributed by atoms with van der Waals surface area (Å²) < 4.78 is 4.98. The second kappa shape index (κ2) is 4.75. The highest BCUT2D eigenvalue weighted by molar-refractivity contribution is 5.74. The number of hydrogen-bond acceptors (Lipinski definition) is 4. The zero-order valence-corrected chi connectivity index (χ0v) is 9.19. The Hall–Kier alpha value is -0.610. The lowest BCUT2D eigenvalue weighted by Crippen LogP contribution is -2.35. The molecule has 4 heteroatoms. The molecule has 0 radical (unpaired) electrons. The van der Waals surface area contributed by atoms with Gasteiger partial charge in [-0.1, -0.05) is 0 Å². The first-order valence-corrected chi connectivity index (χ1v) is 5.22. The highest BCUT2D eigenvalue weighted by atomic mass is 16.5. The Bertz CT molecular complexity index is 206. The quantitative estimate of drug-likeness (QED) is 0.662. The van der Waals surface area contributed by atoms with Gasteiger partial charge < -0.3 is 10.5 Å². The van der Waals surface area contributed by atoms with Crippen LogP contribution in [-0.4, -0.2) is 42.6 Å². The number of carbonyl (C=O) groups excluding carboxylic acids is 1. The molecule has 0 spiro atoms. The Labute approximate surface area is 85.4 Å². The van der Waals surface area contributed by atoms with Crippen molar-refractivity contribution in [3.8, 4) is 0 Å². The first kappa shape index (κ1) is 11.5. The van der Waals surface area contributed by atoms with Crippen LogP contribution in [0.2, 0.25) is 0 Å². The predicted octanol–water partition coefficient (Wildman–Crippen LogP) is 0.217. The maximum atomic E-state index is 11.5. The molecule has 1 fully saturated rings. The van der Waals surface area contributed by atoms with Crippen molar-refractivity contribution in [2.75, 3.05) is 19.7 Å². The molecule has 4 nitrogen and oxygen atoms in total. The van der Waals surface area contributed by atoms with E-state index in [-0.39, 0.29) is 17.9 Å². The SMILES string of the molecule is CCOC(=O)[C@@H]1CN(C(C)C)C[C@@H]1N. The largest absolute Gasteiger partial charge is 0.466 e. The maximum Gasteiger partial charge on any atom is 0.311 e. The van der Waals surface area contributed by atoms with Gasteiger partial charge in [-0.25, -0.2) is 0 Å². The first-order valence-electron chi connectivity index (χ1n) is 5.22. The Morgan fingerprint density at radius 2 is 2.21 bits per heavy atom. The van der Waals surface area contributed by atoms with E-state index >= 15 is 0 Å². The zero-order chi connectivity index (χ0) is 10.7. The van der Waals surface area contributed by atoms with Crippen LogP contribution < -0.4 is 5.73 Å². The molecule has 1 aliphatic heterocycles. The molecule has 82 valence electrons. The topological polar surface area (TPSA) is 55.6 Å². The summed E-state index contributed by atoms with van der Waals surface area (Å²) in [5, 5.41) is 0. The highest BCUT2D eigenvalue weighted by Gasteiger charge is 2.36. The first-order chi connectivity index (χ1) is 6.56. The van der Waals surface area contributed by atoms with Gasteiger partial charge in [-0.2, -0.15) is 0 Å². The average Bonchev–Trinajstić information content (AvgIpc) is 2.48. The number of carbonyl (C=O) groups is 1. The van der Waals surface area contributed by atoms with Crippen LogP contribution in [0, 0.1) is 5.92 Å². The molecule has 2 N–H and O–H groups in total. The number of hydrogen-bond donors (Lipinski definition) is 1. The Morgan fingerprint density at radius 1 is 1.57 bits per heavy atom. The van der Waals surface area contributed by atoms with Gasteiger partial charge in [-0.3, -0.25) is 9.69 Å². The summed E-state index contributed by atoms with van der Waals surface area (Å²) in [5.41, 5.74) is 5.90. The van der Waals surface area contributed by atoms with Crippen molar-refractivity contribution in [2.45, 2.75) is 32.9 Å². The van der Waals surface area contributed by atoms with Gasteiger partial charge in [0.2, 0.25) is 0 Å². The average molecular weight is 200 g/mol. The lowest BCUT2D eigenvalue weighted by molar-refractivity contribution is -0.147. The fourth-order valence-corrected chi connectivity index (χ4v) is 1.78. The third kappa shape index (κ3) is 2.45. The Balaban J connectivity index is 2.52. The van der Waals surface area contributed by atoms with E-state index in [9.17, 15) is 4.79 Å². The lowest BCUT2D eigenvalue weighted by atomic mass is 10.1. The van der Waals surface area contributed by atoms with Crippen LogP contribution in [0.25, 0.3) is 0 Å². The Kier molecular flexibility index (Phi) is 3.89. The minimum atomic E-state index is -0.150. The molecular weight excluding hydrogens is 180 g/mol. The second-order valence-corrected chi connectivity index (χ2v) is 4.07. The molecule has 0 bridgehead atoms. The van der Waals surface area contributed by atoms with Crippen molar-refractivity contribution in [1.29, 1.82) is 0 Å². The summed E-state index contributed by atoms with van der Waals surface area (Å²) >= 11 is 0. The van der Waals surface area contributed by atoms with Crippen LogP contribution >= 0.6 is 0 Å². The molecule has 14 heavy (non-hydrogen) atoms. The number of ether oxygens (including phenoxy) is 1. The van der Waals surface area contributed by atoms with E-state index in [1.54, 1.807) is 0 Å². The molecular formula is C10H20N2O2. The molecule has 0 aromatic rings. The monoisotopic (exact) mass is 200 g/mol. The molecule has 0 aliphatic carbocycles. The maximum absolute atomic E-state index is 11.5. The van der Waals surface area contributed by atoms with Crippen LogP contribution in [0.3, 0.4) is 0 Å². The molecule has 0 unspecified atom stereocenters. The van der Waals surface area contributed by atoms with Gasteiger partial charge >= 0.3 is 5.97 Å². The van der Waals surface area contributed by atoms with Crippen molar-refractivity contribution in [3.63, 3.8) is 0 Å². The molecule has 1 saturated heterocycles. The molecule has 1 rings (SSSR count). The van der Waals surface area contributed by atoms with Gasteiger partial charge in [0.25, 0.3) is 0 Å². The smallest absolute Gasteiger partial charge is 0.311 e. The van der Waals surface area contributed by atoms with E-state index in [0.29, 0.717) is 12.6 Å². The summed E-state index contributed by atoms with van der Waals surface area (Å²) in [6, 6.07) is 0.372. The number of rotatable bonds is 3. The van der Waals surface area contributed by atoms with Gasteiger partial charge in [0.15, 0.2) is 0 Å². The minimum Gasteiger partial charge on any atom is -0.466 e. The van der Waals surface area contributed by atoms with Crippen LogP contribution in [-0.2, 0) is 9.53 Å². The number of nitrogens with two attached hydrogens (primary N) is 1. The molecule has 0 saturated carbocycles. The zero-order valence-electron chi connectivity index (χ0n) is 9.19. The second-order valence-electron chi connectivity index (χ2n) is 4.07. The van der Waals surface area contributed by atoms with E-state index in [4.69, 9.17) is 10.5 Å². The van der Waals surface area contributed by atoms with Crippen molar-refractivity contribution >= 4 is 5.97 Å². The van der Waals surface area contributed by atoms with Gasteiger partial charge in [0.05, 0.1) is 12.5 Å². The number of nitrogens with zero attached hydrogens (tertiary/aromatic N) is 1. The van der Waals surface area contributed by atoms with Crippen LogP contribution in [0.1, 0.15) is 20.8 Å². The summed E-state index contributed by atoms with van der Waals surface area (Å²) in [4.78, 5) is 13.7. The van der Waals surface area contributed by atoms with E-state index in [0.717, 1.165) is 13.1 Å². The van der Waals surface area contributed by atoms with Gasteiger partial charge in [-0.15, -0.1) is 0 Å². The van der Waals surface area contributed by atoms with Crippen molar-refractivity contribution < 1.29 is 9.53 Å². The summed E-state index contributed by atoms with van der Waals surface area (Å²) in [5.74, 6) is -0.291. The third-order valence-electron chi connectivity index (χ3n) is 2.71. The molecule has 0 amide bonds. The van der Waals surface area contributed by atoms with Crippen molar-refractivity contribution in [1.82, 2.24) is 4.90 Å². The van der Waals surface area contributed by atoms with Gasteiger partial charge in [-0.05, 0) is 20.8 Å². The normalized spacial score (nSPS) is 28.4. The Morgan fingerprint density at radius 3 is 2.64 bits per heavy atom. The van der Waals surface area contributed by atoms with E-state index in [2.05, 4.69) is 18.7 Å². The molecule has 2 atom stereocenters.